The molecular formula is C14H17N3O3S. The van der Waals surface area contributed by atoms with E-state index in [4.69, 9.17) is 4.74 Å². The van der Waals surface area contributed by atoms with Crippen molar-refractivity contribution in [3.63, 3.8) is 0 Å². The second-order valence-electron chi connectivity index (χ2n) is 5.41. The van der Waals surface area contributed by atoms with Gasteiger partial charge in [-0.25, -0.2) is 4.98 Å². The zero-order chi connectivity index (χ0) is 15.0. The fourth-order valence-corrected chi connectivity index (χ4v) is 3.54. The Morgan fingerprint density at radius 2 is 2.29 bits per heavy atom. The van der Waals surface area contributed by atoms with Gasteiger partial charge in [-0.3, -0.25) is 10.1 Å². The number of aromatic nitrogens is 1. The van der Waals surface area contributed by atoms with Crippen LogP contribution in [0.2, 0.25) is 0 Å². The van der Waals surface area contributed by atoms with Crippen LogP contribution in [0.3, 0.4) is 0 Å². The number of nitro groups is 1. The molecule has 1 aliphatic carbocycles. The SMILES string of the molecule is CNCC1CC(Oc2cc3nc(C)sc3cc2[N+](=O)[O-])C1. The summed E-state index contributed by atoms with van der Waals surface area (Å²) in [4.78, 5) is 15.2. The Balaban J connectivity index is 1.83. The molecule has 21 heavy (non-hydrogen) atoms. The summed E-state index contributed by atoms with van der Waals surface area (Å²) in [6.45, 7) is 2.86. The largest absolute Gasteiger partial charge is 0.483 e. The van der Waals surface area contributed by atoms with Gasteiger partial charge in [-0.1, -0.05) is 0 Å². The van der Waals surface area contributed by atoms with Crippen LogP contribution < -0.4 is 10.1 Å². The molecule has 1 N–H and O–H groups in total. The molecule has 0 saturated heterocycles. The summed E-state index contributed by atoms with van der Waals surface area (Å²) in [7, 11) is 1.93. The van der Waals surface area contributed by atoms with Crippen LogP contribution >= 0.6 is 11.3 Å². The lowest BCUT2D eigenvalue weighted by Gasteiger charge is -2.35. The Labute approximate surface area is 126 Å². The Morgan fingerprint density at radius 3 is 2.95 bits per heavy atom. The average molecular weight is 307 g/mol. The van der Waals surface area contributed by atoms with Crippen molar-refractivity contribution >= 4 is 27.2 Å². The smallest absolute Gasteiger partial charge is 0.312 e. The van der Waals surface area contributed by atoms with E-state index in [1.165, 1.54) is 11.3 Å². The molecule has 0 bridgehead atoms. The normalized spacial score (nSPS) is 21.2. The van der Waals surface area contributed by atoms with E-state index in [1.807, 2.05) is 14.0 Å². The lowest BCUT2D eigenvalue weighted by atomic mass is 9.82. The Hall–Kier alpha value is -1.73. The van der Waals surface area contributed by atoms with Crippen molar-refractivity contribution in [2.45, 2.75) is 25.9 Å². The van der Waals surface area contributed by atoms with Crippen LogP contribution in [0.4, 0.5) is 5.69 Å². The minimum absolute atomic E-state index is 0.0308. The summed E-state index contributed by atoms with van der Waals surface area (Å²) in [6.07, 6.45) is 1.94. The summed E-state index contributed by atoms with van der Waals surface area (Å²) >= 11 is 1.46. The Kier molecular flexibility index (Phi) is 3.77. The van der Waals surface area contributed by atoms with Crippen LogP contribution in [-0.4, -0.2) is 29.6 Å². The van der Waals surface area contributed by atoms with Crippen LogP contribution in [0.5, 0.6) is 5.75 Å². The molecule has 1 saturated carbocycles. The van der Waals surface area contributed by atoms with Gasteiger partial charge in [0.25, 0.3) is 0 Å². The molecule has 1 aromatic carbocycles. The molecule has 0 unspecified atom stereocenters. The molecule has 0 spiro atoms. The second kappa shape index (κ2) is 5.57. The molecular weight excluding hydrogens is 290 g/mol. The highest BCUT2D eigenvalue weighted by molar-refractivity contribution is 7.18. The third kappa shape index (κ3) is 2.84. The molecule has 0 aliphatic heterocycles. The van der Waals surface area contributed by atoms with E-state index in [0.29, 0.717) is 11.7 Å². The number of fused-ring (bicyclic) bond motifs is 1. The third-order valence-corrected chi connectivity index (χ3v) is 4.69. The van der Waals surface area contributed by atoms with E-state index in [2.05, 4.69) is 10.3 Å². The fourth-order valence-electron chi connectivity index (χ4n) is 2.70. The highest BCUT2D eigenvalue weighted by atomic mass is 32.1. The van der Waals surface area contributed by atoms with Gasteiger partial charge in [0.2, 0.25) is 0 Å². The summed E-state index contributed by atoms with van der Waals surface area (Å²) in [5.41, 5.74) is 0.799. The van der Waals surface area contributed by atoms with Crippen molar-refractivity contribution in [2.75, 3.05) is 13.6 Å². The standard InChI is InChI=1S/C14H17N3O3S/c1-8-16-11-5-13(12(17(18)19)6-14(11)21-8)20-10-3-9(4-10)7-15-2/h5-6,9-10,15H,3-4,7H2,1-2H3. The van der Waals surface area contributed by atoms with E-state index in [1.54, 1.807) is 12.1 Å². The van der Waals surface area contributed by atoms with Gasteiger partial charge in [0.05, 0.1) is 26.3 Å². The second-order valence-corrected chi connectivity index (χ2v) is 6.65. The number of nitrogens with zero attached hydrogens (tertiary/aromatic N) is 2. The molecule has 1 fully saturated rings. The number of nitrogens with one attached hydrogen (secondary N) is 1. The van der Waals surface area contributed by atoms with Gasteiger partial charge in [-0.05, 0) is 39.3 Å². The zero-order valence-corrected chi connectivity index (χ0v) is 12.8. The topological polar surface area (TPSA) is 77.3 Å². The quantitative estimate of drug-likeness (QED) is 0.679. The third-order valence-electron chi connectivity index (χ3n) is 3.75. The first-order valence-electron chi connectivity index (χ1n) is 6.93. The molecule has 1 aliphatic rings. The van der Waals surface area contributed by atoms with Gasteiger partial charge in [0, 0.05) is 12.1 Å². The van der Waals surface area contributed by atoms with Gasteiger partial charge in [-0.15, -0.1) is 11.3 Å². The van der Waals surface area contributed by atoms with Crippen LogP contribution in [0.15, 0.2) is 12.1 Å². The molecule has 2 aromatic rings. The number of rotatable bonds is 5. The first-order chi connectivity index (χ1) is 10.1. The Morgan fingerprint density at radius 1 is 1.52 bits per heavy atom. The van der Waals surface area contributed by atoms with Gasteiger partial charge >= 0.3 is 5.69 Å². The van der Waals surface area contributed by atoms with E-state index in [0.717, 1.165) is 34.6 Å². The summed E-state index contributed by atoms with van der Waals surface area (Å²) < 4.78 is 6.66. The summed E-state index contributed by atoms with van der Waals surface area (Å²) in [5, 5.41) is 15.3. The van der Waals surface area contributed by atoms with E-state index >= 15 is 0 Å². The molecule has 7 heteroatoms. The molecule has 0 radical (unpaired) electrons. The van der Waals surface area contributed by atoms with Gasteiger partial charge in [0.1, 0.15) is 0 Å². The lowest BCUT2D eigenvalue weighted by molar-refractivity contribution is -0.386. The number of aryl methyl sites for hydroxylation is 1. The minimum atomic E-state index is -0.381. The summed E-state index contributed by atoms with van der Waals surface area (Å²) in [6, 6.07) is 3.27. The van der Waals surface area contributed by atoms with Crippen LogP contribution in [0, 0.1) is 23.0 Å². The lowest BCUT2D eigenvalue weighted by Crippen LogP contribution is -2.38. The van der Waals surface area contributed by atoms with Crippen LogP contribution in [0.25, 0.3) is 10.2 Å². The van der Waals surface area contributed by atoms with Crippen molar-refractivity contribution in [3.8, 4) is 5.75 Å². The van der Waals surface area contributed by atoms with Crippen LogP contribution in [0.1, 0.15) is 17.8 Å². The average Bonchev–Trinajstić information content (AvgIpc) is 2.74. The van der Waals surface area contributed by atoms with Crippen molar-refractivity contribution in [2.24, 2.45) is 5.92 Å². The maximum absolute atomic E-state index is 11.2. The zero-order valence-electron chi connectivity index (χ0n) is 12.0. The first kappa shape index (κ1) is 14.2. The molecule has 6 nitrogen and oxygen atoms in total. The predicted octanol–water partition coefficient (Wildman–Crippen LogP) is 2.89. The summed E-state index contributed by atoms with van der Waals surface area (Å²) in [5.74, 6) is 0.940. The monoisotopic (exact) mass is 307 g/mol. The molecule has 0 amide bonds. The first-order valence-corrected chi connectivity index (χ1v) is 7.75. The predicted molar refractivity (Wildman–Crippen MR) is 82.1 cm³/mol. The number of thiazole rings is 1. The van der Waals surface area contributed by atoms with Gasteiger partial charge < -0.3 is 10.1 Å². The number of ether oxygens (including phenoxy) is 1. The fraction of sp³-hybridized carbons (Fsp3) is 0.500. The van der Waals surface area contributed by atoms with Gasteiger partial charge in [0.15, 0.2) is 5.75 Å². The number of benzene rings is 1. The maximum atomic E-state index is 11.2. The number of hydrogen-bond acceptors (Lipinski definition) is 6. The maximum Gasteiger partial charge on any atom is 0.312 e. The molecule has 112 valence electrons. The number of nitro benzene ring substituents is 1. The van der Waals surface area contributed by atoms with Crippen molar-refractivity contribution in [1.29, 1.82) is 0 Å². The van der Waals surface area contributed by atoms with Crippen molar-refractivity contribution in [1.82, 2.24) is 10.3 Å². The van der Waals surface area contributed by atoms with Crippen molar-refractivity contribution < 1.29 is 9.66 Å². The Bertz CT molecular complexity index is 679. The van der Waals surface area contributed by atoms with E-state index in [9.17, 15) is 10.1 Å². The minimum Gasteiger partial charge on any atom is -0.483 e. The van der Waals surface area contributed by atoms with Gasteiger partial charge in [-0.2, -0.15) is 0 Å². The highest BCUT2D eigenvalue weighted by Crippen LogP contribution is 2.38. The van der Waals surface area contributed by atoms with Crippen molar-refractivity contribution in [3.05, 3.63) is 27.3 Å². The molecule has 0 atom stereocenters. The van der Waals surface area contributed by atoms with Crippen LogP contribution in [-0.2, 0) is 0 Å². The molecule has 1 aromatic heterocycles. The number of hydrogen-bond donors (Lipinski definition) is 1. The van der Waals surface area contributed by atoms with E-state index in [-0.39, 0.29) is 16.7 Å². The highest BCUT2D eigenvalue weighted by Gasteiger charge is 2.32. The van der Waals surface area contributed by atoms with E-state index < -0.39 is 0 Å². The molecule has 3 rings (SSSR count). The molecule has 1 heterocycles.